The normalized spacial score (nSPS) is 23.3. The van der Waals surface area contributed by atoms with Gasteiger partial charge in [-0.1, -0.05) is 0 Å². The molecule has 2 heterocycles. The third-order valence-electron chi connectivity index (χ3n) is 3.43. The summed E-state index contributed by atoms with van der Waals surface area (Å²) in [5, 5.41) is 13.3. The van der Waals surface area contributed by atoms with Crippen molar-refractivity contribution in [2.24, 2.45) is 0 Å². The summed E-state index contributed by atoms with van der Waals surface area (Å²) in [5.74, 6) is -1.77. The van der Waals surface area contributed by atoms with E-state index in [-0.39, 0.29) is 11.4 Å². The molecule has 0 radical (unpaired) electrons. The number of hydrogen-bond acceptors (Lipinski definition) is 2. The maximum atomic E-state index is 13.6. The van der Waals surface area contributed by atoms with Crippen LogP contribution in [0.25, 0.3) is 10.9 Å². The zero-order chi connectivity index (χ0) is 12.2. The van der Waals surface area contributed by atoms with E-state index in [0.29, 0.717) is 17.6 Å². The Morgan fingerprint density at radius 2 is 2.24 bits per heavy atom. The van der Waals surface area contributed by atoms with Crippen LogP contribution in [-0.4, -0.2) is 22.8 Å². The first-order valence-corrected chi connectivity index (χ1v) is 5.45. The number of aromatic nitrogens is 1. The van der Waals surface area contributed by atoms with E-state index < -0.39 is 17.7 Å². The predicted molar refractivity (Wildman–Crippen MR) is 59.7 cm³/mol. The Morgan fingerprint density at radius 1 is 1.47 bits per heavy atom. The number of hydrogen-bond donors (Lipinski definition) is 2. The van der Waals surface area contributed by atoms with Crippen LogP contribution < -0.4 is 5.32 Å². The minimum atomic E-state index is -0.916. The molecule has 0 aliphatic carbocycles. The quantitative estimate of drug-likeness (QED) is 0.791. The van der Waals surface area contributed by atoms with E-state index in [1.54, 1.807) is 19.3 Å². The zero-order valence-electron chi connectivity index (χ0n) is 9.24. The first-order chi connectivity index (χ1) is 8.13. The van der Waals surface area contributed by atoms with Gasteiger partial charge in [0.05, 0.1) is 17.7 Å². The van der Waals surface area contributed by atoms with Crippen molar-refractivity contribution in [1.82, 2.24) is 9.88 Å². The molecule has 1 aliphatic heterocycles. The number of benzene rings is 1. The van der Waals surface area contributed by atoms with Crippen LogP contribution in [0, 0.1) is 11.6 Å². The number of nitrogens with zero attached hydrogens (tertiary/aromatic N) is 1. The van der Waals surface area contributed by atoms with Gasteiger partial charge in [0.15, 0.2) is 11.6 Å². The summed E-state index contributed by atoms with van der Waals surface area (Å²) in [6.07, 6.45) is 0.896. The molecule has 1 aliphatic rings. The Hall–Kier alpha value is -1.46. The van der Waals surface area contributed by atoms with Crippen LogP contribution in [0.2, 0.25) is 0 Å². The molecule has 2 N–H and O–H groups in total. The van der Waals surface area contributed by atoms with Crippen molar-refractivity contribution >= 4 is 10.9 Å². The highest BCUT2D eigenvalue weighted by molar-refractivity contribution is 5.85. The Labute approximate surface area is 96.7 Å². The molecule has 0 fully saturated rings. The lowest BCUT2D eigenvalue weighted by atomic mass is 9.96. The van der Waals surface area contributed by atoms with Crippen LogP contribution in [0.3, 0.4) is 0 Å². The first kappa shape index (κ1) is 10.7. The molecule has 0 saturated carbocycles. The molecule has 17 heavy (non-hydrogen) atoms. The van der Waals surface area contributed by atoms with Crippen molar-refractivity contribution in [3.63, 3.8) is 0 Å². The second kappa shape index (κ2) is 3.51. The highest BCUT2D eigenvalue weighted by atomic mass is 19.2. The second-order valence-electron chi connectivity index (χ2n) is 4.33. The van der Waals surface area contributed by atoms with E-state index in [0.717, 1.165) is 6.07 Å². The summed E-state index contributed by atoms with van der Waals surface area (Å²) in [6.45, 7) is 0.541. The first-order valence-electron chi connectivity index (χ1n) is 5.45. The SMILES string of the molecule is CN[C@H]1Cn2ccc3c(F)c(F)cc(c32)C1O. The lowest BCUT2D eigenvalue weighted by Gasteiger charge is -2.29. The van der Waals surface area contributed by atoms with E-state index >= 15 is 0 Å². The fourth-order valence-corrected chi connectivity index (χ4v) is 2.52. The minimum Gasteiger partial charge on any atom is -0.387 e. The summed E-state index contributed by atoms with van der Waals surface area (Å²) in [6, 6.07) is 2.44. The van der Waals surface area contributed by atoms with Crippen molar-refractivity contribution in [3.8, 4) is 0 Å². The maximum Gasteiger partial charge on any atom is 0.168 e. The van der Waals surface area contributed by atoms with Crippen molar-refractivity contribution in [1.29, 1.82) is 0 Å². The molecular weight excluding hydrogens is 226 g/mol. The van der Waals surface area contributed by atoms with Gasteiger partial charge in [0.25, 0.3) is 0 Å². The van der Waals surface area contributed by atoms with Crippen LogP contribution in [0.5, 0.6) is 0 Å². The Bertz CT molecular complexity index is 594. The molecule has 0 amide bonds. The molecule has 1 aromatic carbocycles. The van der Waals surface area contributed by atoms with E-state index in [1.807, 2.05) is 4.57 Å². The highest BCUT2D eigenvalue weighted by Crippen LogP contribution is 2.34. The van der Waals surface area contributed by atoms with Gasteiger partial charge < -0.3 is 15.0 Å². The molecule has 2 aromatic rings. The van der Waals surface area contributed by atoms with Crippen LogP contribution in [-0.2, 0) is 6.54 Å². The fraction of sp³-hybridized carbons (Fsp3) is 0.333. The van der Waals surface area contributed by atoms with Gasteiger partial charge >= 0.3 is 0 Å². The summed E-state index contributed by atoms with van der Waals surface area (Å²) in [7, 11) is 1.74. The molecule has 3 nitrogen and oxygen atoms in total. The second-order valence-corrected chi connectivity index (χ2v) is 4.33. The topological polar surface area (TPSA) is 37.2 Å². The number of aliphatic hydroxyl groups is 1. The Balaban J connectivity index is 2.34. The van der Waals surface area contributed by atoms with Crippen molar-refractivity contribution in [2.45, 2.75) is 18.7 Å². The fourth-order valence-electron chi connectivity index (χ4n) is 2.52. The number of nitrogens with one attached hydrogen (secondary N) is 1. The maximum absolute atomic E-state index is 13.6. The lowest BCUT2D eigenvalue weighted by molar-refractivity contribution is 0.118. The molecule has 3 rings (SSSR count). The molecule has 0 spiro atoms. The molecule has 2 atom stereocenters. The average Bonchev–Trinajstić information content (AvgIpc) is 2.74. The molecule has 1 unspecified atom stereocenters. The van der Waals surface area contributed by atoms with Crippen molar-refractivity contribution < 1.29 is 13.9 Å². The van der Waals surface area contributed by atoms with Gasteiger partial charge in [0, 0.05) is 23.7 Å². The molecule has 1 aromatic heterocycles. The van der Waals surface area contributed by atoms with Gasteiger partial charge in [-0.25, -0.2) is 8.78 Å². The molecular formula is C12H12F2N2O. The zero-order valence-corrected chi connectivity index (χ0v) is 9.24. The van der Waals surface area contributed by atoms with Crippen LogP contribution >= 0.6 is 0 Å². The van der Waals surface area contributed by atoms with E-state index in [1.165, 1.54) is 0 Å². The predicted octanol–water partition coefficient (Wildman–Crippen LogP) is 1.55. The third kappa shape index (κ3) is 1.33. The monoisotopic (exact) mass is 238 g/mol. The minimum absolute atomic E-state index is 0.192. The van der Waals surface area contributed by atoms with Crippen molar-refractivity contribution in [3.05, 3.63) is 35.5 Å². The summed E-state index contributed by atoms with van der Waals surface area (Å²) in [4.78, 5) is 0. The number of likely N-dealkylation sites (N-methyl/N-ethyl adjacent to an activating group) is 1. The van der Waals surface area contributed by atoms with Gasteiger partial charge in [-0.2, -0.15) is 0 Å². The molecule has 0 bridgehead atoms. The summed E-state index contributed by atoms with van der Waals surface area (Å²) >= 11 is 0. The largest absolute Gasteiger partial charge is 0.387 e. The van der Waals surface area contributed by atoms with E-state index in [2.05, 4.69) is 5.32 Å². The number of aliphatic hydroxyl groups excluding tert-OH is 1. The lowest BCUT2D eigenvalue weighted by Crippen LogP contribution is -2.39. The average molecular weight is 238 g/mol. The standard InChI is InChI=1S/C12H12F2N2O/c1-15-9-5-16-3-2-6-10(14)8(13)4-7(11(6)16)12(9)17/h2-4,9,12,15,17H,5H2,1H3/t9-,12?/m0/s1. The highest BCUT2D eigenvalue weighted by Gasteiger charge is 2.30. The van der Waals surface area contributed by atoms with Gasteiger partial charge in [0.2, 0.25) is 0 Å². The Morgan fingerprint density at radius 3 is 2.94 bits per heavy atom. The van der Waals surface area contributed by atoms with Gasteiger partial charge in [-0.05, 0) is 19.2 Å². The van der Waals surface area contributed by atoms with Crippen molar-refractivity contribution in [2.75, 3.05) is 7.05 Å². The van der Waals surface area contributed by atoms with Crippen LogP contribution in [0.1, 0.15) is 11.7 Å². The summed E-state index contributed by atoms with van der Waals surface area (Å²) < 4.78 is 28.8. The molecule has 90 valence electrons. The van der Waals surface area contributed by atoms with Crippen LogP contribution in [0.15, 0.2) is 18.3 Å². The molecule has 0 saturated heterocycles. The van der Waals surface area contributed by atoms with Gasteiger partial charge in [-0.15, -0.1) is 0 Å². The number of rotatable bonds is 1. The molecule has 5 heteroatoms. The smallest absolute Gasteiger partial charge is 0.168 e. The van der Waals surface area contributed by atoms with Gasteiger partial charge in [0.1, 0.15) is 0 Å². The van der Waals surface area contributed by atoms with E-state index in [9.17, 15) is 13.9 Å². The van der Waals surface area contributed by atoms with Crippen LogP contribution in [0.4, 0.5) is 8.78 Å². The third-order valence-corrected chi connectivity index (χ3v) is 3.43. The Kier molecular flexibility index (Phi) is 2.21. The summed E-state index contributed by atoms with van der Waals surface area (Å²) in [5.41, 5.74) is 1.03. The van der Waals surface area contributed by atoms with Gasteiger partial charge in [-0.3, -0.25) is 0 Å². The number of halogens is 2. The van der Waals surface area contributed by atoms with E-state index in [4.69, 9.17) is 0 Å².